The van der Waals surface area contributed by atoms with Gasteiger partial charge in [0.05, 0.1) is 13.0 Å². The molecule has 0 amide bonds. The Hall–Kier alpha value is -0.830. The molecule has 1 aliphatic heterocycles. The zero-order valence-electron chi connectivity index (χ0n) is 7.00. The van der Waals surface area contributed by atoms with Crippen LogP contribution in [0.4, 0.5) is 0 Å². The smallest absolute Gasteiger partial charge is 0.306 e. The number of benzene rings is 1. The van der Waals surface area contributed by atoms with Crippen LogP contribution in [0.2, 0.25) is 0 Å². The summed E-state index contributed by atoms with van der Waals surface area (Å²) in [5.41, 5.74) is 1.18. The van der Waals surface area contributed by atoms with Crippen molar-refractivity contribution >= 4 is 21.9 Å². The summed E-state index contributed by atoms with van der Waals surface area (Å²) in [5, 5.41) is 0. The normalized spacial score (nSPS) is 21.6. The number of rotatable bonds is 1. The molecule has 0 spiro atoms. The van der Waals surface area contributed by atoms with Crippen LogP contribution in [-0.2, 0) is 9.53 Å². The summed E-state index contributed by atoms with van der Waals surface area (Å²) in [7, 11) is 0. The molecule has 1 aliphatic rings. The van der Waals surface area contributed by atoms with Gasteiger partial charge in [0.25, 0.3) is 0 Å². The second-order valence-electron chi connectivity index (χ2n) is 3.14. The molecule has 0 radical (unpaired) electrons. The third-order valence-corrected chi connectivity index (χ3v) is 2.73. The van der Waals surface area contributed by atoms with Gasteiger partial charge in [0.1, 0.15) is 0 Å². The molecule has 1 heterocycles. The summed E-state index contributed by atoms with van der Waals surface area (Å²) in [4.78, 5) is 10.9. The third kappa shape index (κ3) is 1.91. The molecule has 0 saturated carbocycles. The Morgan fingerprint density at radius 1 is 1.31 bits per heavy atom. The lowest BCUT2D eigenvalue weighted by atomic mass is 9.99. The molecular weight excluding hydrogens is 232 g/mol. The van der Waals surface area contributed by atoms with Gasteiger partial charge in [-0.2, -0.15) is 0 Å². The molecule has 68 valence electrons. The monoisotopic (exact) mass is 240 g/mol. The first kappa shape index (κ1) is 8.75. The number of cyclic esters (lactones) is 1. The Bertz CT molecular complexity index is 318. The molecule has 0 unspecified atom stereocenters. The van der Waals surface area contributed by atoms with Gasteiger partial charge in [-0.25, -0.2) is 0 Å². The van der Waals surface area contributed by atoms with E-state index in [4.69, 9.17) is 4.74 Å². The van der Waals surface area contributed by atoms with E-state index >= 15 is 0 Å². The van der Waals surface area contributed by atoms with Crippen LogP contribution < -0.4 is 0 Å². The van der Waals surface area contributed by atoms with Crippen molar-refractivity contribution < 1.29 is 9.53 Å². The van der Waals surface area contributed by atoms with Crippen LogP contribution in [0.1, 0.15) is 17.9 Å². The first-order valence-electron chi connectivity index (χ1n) is 4.17. The quantitative estimate of drug-likeness (QED) is 0.706. The second kappa shape index (κ2) is 3.50. The van der Waals surface area contributed by atoms with Gasteiger partial charge in [-0.3, -0.25) is 4.79 Å². The fraction of sp³-hybridized carbons (Fsp3) is 0.300. The van der Waals surface area contributed by atoms with Crippen LogP contribution in [0.25, 0.3) is 0 Å². The average molecular weight is 241 g/mol. The van der Waals surface area contributed by atoms with Crippen LogP contribution >= 0.6 is 15.9 Å². The maximum atomic E-state index is 10.9. The standard InChI is InChI=1S/C10H9BrO2/c11-9-3-1-7(2-4-9)8-5-10(12)13-6-8/h1-4,8H,5-6H2/t8-/m1/s1. The topological polar surface area (TPSA) is 26.3 Å². The zero-order valence-corrected chi connectivity index (χ0v) is 8.58. The molecule has 0 aromatic heterocycles. The lowest BCUT2D eigenvalue weighted by Crippen LogP contribution is -1.96. The van der Waals surface area contributed by atoms with Crippen LogP contribution in [0.3, 0.4) is 0 Å². The largest absolute Gasteiger partial charge is 0.465 e. The van der Waals surface area contributed by atoms with Gasteiger partial charge >= 0.3 is 5.97 Å². The zero-order chi connectivity index (χ0) is 9.26. The highest BCUT2D eigenvalue weighted by molar-refractivity contribution is 9.10. The van der Waals surface area contributed by atoms with Crippen molar-refractivity contribution in [2.75, 3.05) is 6.61 Å². The number of ether oxygens (including phenoxy) is 1. The molecule has 13 heavy (non-hydrogen) atoms. The number of hydrogen-bond acceptors (Lipinski definition) is 2. The molecule has 2 nitrogen and oxygen atoms in total. The van der Waals surface area contributed by atoms with Gasteiger partial charge < -0.3 is 4.74 Å². The minimum absolute atomic E-state index is 0.0899. The summed E-state index contributed by atoms with van der Waals surface area (Å²) in [6.07, 6.45) is 0.516. The number of halogens is 1. The minimum atomic E-state index is -0.0899. The highest BCUT2D eigenvalue weighted by Crippen LogP contribution is 2.26. The molecule has 1 aromatic rings. The lowest BCUT2D eigenvalue weighted by Gasteiger charge is -2.05. The molecule has 1 atom stereocenters. The van der Waals surface area contributed by atoms with Gasteiger partial charge in [-0.05, 0) is 17.7 Å². The summed E-state index contributed by atoms with van der Waals surface area (Å²) in [5.74, 6) is 0.161. The van der Waals surface area contributed by atoms with E-state index < -0.39 is 0 Å². The number of carbonyl (C=O) groups excluding carboxylic acids is 1. The highest BCUT2D eigenvalue weighted by atomic mass is 79.9. The van der Waals surface area contributed by atoms with Gasteiger partial charge in [0, 0.05) is 10.4 Å². The molecule has 3 heteroatoms. The van der Waals surface area contributed by atoms with Crippen LogP contribution in [0.15, 0.2) is 28.7 Å². The lowest BCUT2D eigenvalue weighted by molar-refractivity contribution is -0.137. The molecule has 1 fully saturated rings. The fourth-order valence-electron chi connectivity index (χ4n) is 1.46. The average Bonchev–Trinajstić information content (AvgIpc) is 2.53. The van der Waals surface area contributed by atoms with E-state index in [0.29, 0.717) is 13.0 Å². The highest BCUT2D eigenvalue weighted by Gasteiger charge is 2.24. The van der Waals surface area contributed by atoms with Crippen molar-refractivity contribution in [3.8, 4) is 0 Å². The van der Waals surface area contributed by atoms with E-state index in [9.17, 15) is 4.79 Å². The molecule has 2 rings (SSSR count). The van der Waals surface area contributed by atoms with E-state index in [1.165, 1.54) is 5.56 Å². The van der Waals surface area contributed by atoms with Crippen molar-refractivity contribution in [2.24, 2.45) is 0 Å². The van der Waals surface area contributed by atoms with Crippen molar-refractivity contribution in [1.82, 2.24) is 0 Å². The van der Waals surface area contributed by atoms with E-state index in [2.05, 4.69) is 15.9 Å². The maximum Gasteiger partial charge on any atom is 0.306 e. The van der Waals surface area contributed by atoms with Gasteiger partial charge in [0.15, 0.2) is 0 Å². The Labute approximate surface area is 85.0 Å². The summed E-state index contributed by atoms with van der Waals surface area (Å²) in [6.45, 7) is 0.528. The van der Waals surface area contributed by atoms with Crippen LogP contribution in [0.5, 0.6) is 0 Å². The Morgan fingerprint density at radius 2 is 2.00 bits per heavy atom. The predicted octanol–water partition coefficient (Wildman–Crippen LogP) is 2.48. The molecule has 1 aromatic carbocycles. The van der Waals surface area contributed by atoms with E-state index in [-0.39, 0.29) is 11.9 Å². The molecule has 1 saturated heterocycles. The second-order valence-corrected chi connectivity index (χ2v) is 4.05. The van der Waals surface area contributed by atoms with Crippen LogP contribution in [0, 0.1) is 0 Å². The van der Waals surface area contributed by atoms with Gasteiger partial charge in [0.2, 0.25) is 0 Å². The van der Waals surface area contributed by atoms with Crippen molar-refractivity contribution in [2.45, 2.75) is 12.3 Å². The number of carbonyl (C=O) groups is 1. The van der Waals surface area contributed by atoms with E-state index in [1.807, 2.05) is 24.3 Å². The Morgan fingerprint density at radius 3 is 2.54 bits per heavy atom. The molecular formula is C10H9BrO2. The third-order valence-electron chi connectivity index (χ3n) is 2.20. The van der Waals surface area contributed by atoms with Gasteiger partial charge in [-0.1, -0.05) is 28.1 Å². The minimum Gasteiger partial charge on any atom is -0.465 e. The Balaban J connectivity index is 2.17. The number of esters is 1. The van der Waals surface area contributed by atoms with E-state index in [1.54, 1.807) is 0 Å². The van der Waals surface area contributed by atoms with Gasteiger partial charge in [-0.15, -0.1) is 0 Å². The summed E-state index contributed by atoms with van der Waals surface area (Å²) >= 11 is 3.37. The first-order valence-corrected chi connectivity index (χ1v) is 4.96. The maximum absolute atomic E-state index is 10.9. The van der Waals surface area contributed by atoms with E-state index in [0.717, 1.165) is 4.47 Å². The predicted molar refractivity (Wildman–Crippen MR) is 52.5 cm³/mol. The van der Waals surface area contributed by atoms with Crippen LogP contribution in [-0.4, -0.2) is 12.6 Å². The van der Waals surface area contributed by atoms with Crippen molar-refractivity contribution in [3.05, 3.63) is 34.3 Å². The van der Waals surface area contributed by atoms with Crippen molar-refractivity contribution in [1.29, 1.82) is 0 Å². The Kier molecular flexibility index (Phi) is 2.36. The molecule has 0 bridgehead atoms. The molecule has 0 aliphatic carbocycles. The summed E-state index contributed by atoms with van der Waals surface area (Å²) < 4.78 is 5.96. The van der Waals surface area contributed by atoms with Crippen molar-refractivity contribution in [3.63, 3.8) is 0 Å². The summed E-state index contributed by atoms with van der Waals surface area (Å²) in [6, 6.07) is 8.02. The molecule has 0 N–H and O–H groups in total. The first-order chi connectivity index (χ1) is 6.25. The fourth-order valence-corrected chi connectivity index (χ4v) is 1.73. The number of hydrogen-bond donors (Lipinski definition) is 0. The SMILES string of the molecule is O=C1C[C@@H](c2ccc(Br)cc2)CO1.